The molecule has 1 aliphatic rings. The molecule has 1 unspecified atom stereocenters. The maximum Gasteiger partial charge on any atom is 0.328 e. The number of allylic oxidation sites excluding steroid dienone is 1. The molecule has 0 aromatic heterocycles. The van der Waals surface area contributed by atoms with Gasteiger partial charge in [0.05, 0.1) is 14.2 Å². The number of carbonyl (C=O) groups excluding carboxylic acids is 3. The number of amides is 2. The lowest BCUT2D eigenvalue weighted by molar-refractivity contribution is -0.145. The first-order valence-corrected chi connectivity index (χ1v) is 13.6. The number of aryl methyl sites for hydroxylation is 1. The molecule has 3 rings (SSSR count). The Morgan fingerprint density at radius 3 is 2.27 bits per heavy atom. The van der Waals surface area contributed by atoms with Crippen molar-refractivity contribution >= 4 is 29.6 Å². The van der Waals surface area contributed by atoms with Gasteiger partial charge in [-0.3, -0.25) is 14.6 Å². The lowest BCUT2D eigenvalue weighted by Gasteiger charge is -2.32. The molecule has 1 saturated heterocycles. The number of likely N-dealkylation sites (tertiary alicyclic amines) is 1. The minimum atomic E-state index is -0.765. The van der Waals surface area contributed by atoms with E-state index in [9.17, 15) is 14.4 Å². The summed E-state index contributed by atoms with van der Waals surface area (Å²) >= 11 is 0. The number of nitrogens with two attached hydrogens (primary N) is 1. The number of methoxy groups -OCH3 is 2. The molecule has 2 amide bonds. The molecule has 2 aromatic rings. The number of hydrogen-bond acceptors (Lipinski definition) is 7. The minimum Gasteiger partial charge on any atom is -0.497 e. The summed E-state index contributed by atoms with van der Waals surface area (Å²) < 4.78 is 10.1. The predicted molar refractivity (Wildman–Crippen MR) is 156 cm³/mol. The number of benzene rings is 2. The number of rotatable bonds is 12. The van der Waals surface area contributed by atoms with Crippen molar-refractivity contribution < 1.29 is 23.9 Å². The zero-order valence-corrected chi connectivity index (χ0v) is 23.6. The van der Waals surface area contributed by atoms with Crippen LogP contribution in [0.3, 0.4) is 0 Å². The van der Waals surface area contributed by atoms with E-state index in [-0.39, 0.29) is 17.7 Å². The van der Waals surface area contributed by atoms with E-state index in [4.69, 9.17) is 15.2 Å². The van der Waals surface area contributed by atoms with Crippen LogP contribution in [-0.2, 0) is 32.0 Å². The van der Waals surface area contributed by atoms with Gasteiger partial charge in [-0.25, -0.2) is 4.79 Å². The second-order valence-electron chi connectivity index (χ2n) is 9.93. The molecule has 9 nitrogen and oxygen atoms in total. The normalized spacial score (nSPS) is 15.1. The number of nitrogens with one attached hydrogen (secondary N) is 1. The first kappa shape index (κ1) is 30.4. The van der Waals surface area contributed by atoms with Gasteiger partial charge in [0.25, 0.3) is 0 Å². The highest BCUT2D eigenvalue weighted by Gasteiger charge is 2.27. The molecule has 2 aromatic carbocycles. The third-order valence-corrected chi connectivity index (χ3v) is 7.22. The van der Waals surface area contributed by atoms with Crippen molar-refractivity contribution in [1.29, 1.82) is 0 Å². The molecule has 1 heterocycles. The van der Waals surface area contributed by atoms with Crippen molar-refractivity contribution in [3.8, 4) is 5.75 Å². The van der Waals surface area contributed by atoms with Gasteiger partial charge in [0.2, 0.25) is 11.8 Å². The number of nitrogens with zero attached hydrogens (tertiary/aromatic N) is 2. The van der Waals surface area contributed by atoms with Crippen molar-refractivity contribution in [3.05, 3.63) is 71.4 Å². The SMILES string of the molecule is CN=CC(=CN)c1ccc(CCC(=O)N2CCC(CC(=O)NC(Cc3ccc(OC)cc3)C(=O)OC)CC2)cc1. The third kappa shape index (κ3) is 8.97. The van der Waals surface area contributed by atoms with Crippen LogP contribution in [0.5, 0.6) is 5.75 Å². The quantitative estimate of drug-likeness (QED) is 0.310. The highest BCUT2D eigenvalue weighted by atomic mass is 16.5. The van der Waals surface area contributed by atoms with E-state index >= 15 is 0 Å². The Balaban J connectivity index is 1.43. The molecule has 9 heteroatoms. The molecule has 1 aliphatic heterocycles. The number of esters is 1. The number of aliphatic imine (C=N–C) groups is 1. The first-order valence-electron chi connectivity index (χ1n) is 13.6. The van der Waals surface area contributed by atoms with E-state index in [1.54, 1.807) is 20.4 Å². The first-order chi connectivity index (χ1) is 19.4. The summed E-state index contributed by atoms with van der Waals surface area (Å²) in [6.07, 6.45) is 6.48. The van der Waals surface area contributed by atoms with Crippen molar-refractivity contribution in [2.24, 2.45) is 16.6 Å². The van der Waals surface area contributed by atoms with Crippen LogP contribution in [0.2, 0.25) is 0 Å². The van der Waals surface area contributed by atoms with E-state index in [1.165, 1.54) is 13.3 Å². The van der Waals surface area contributed by atoms with Crippen LogP contribution >= 0.6 is 0 Å². The third-order valence-electron chi connectivity index (χ3n) is 7.22. The largest absolute Gasteiger partial charge is 0.497 e. The zero-order valence-electron chi connectivity index (χ0n) is 23.6. The van der Waals surface area contributed by atoms with Gasteiger partial charge in [0.1, 0.15) is 11.8 Å². The minimum absolute atomic E-state index is 0.123. The molecule has 0 saturated carbocycles. The highest BCUT2D eigenvalue weighted by molar-refractivity contribution is 6.09. The summed E-state index contributed by atoms with van der Waals surface area (Å²) in [5, 5.41) is 2.84. The van der Waals surface area contributed by atoms with Gasteiger partial charge in [-0.2, -0.15) is 0 Å². The Morgan fingerprint density at radius 1 is 1.05 bits per heavy atom. The summed E-state index contributed by atoms with van der Waals surface area (Å²) in [5.41, 5.74) is 9.48. The lowest BCUT2D eigenvalue weighted by Crippen LogP contribution is -2.44. The maximum atomic E-state index is 12.8. The smallest absolute Gasteiger partial charge is 0.328 e. The van der Waals surface area contributed by atoms with Crippen molar-refractivity contribution in [2.75, 3.05) is 34.4 Å². The molecule has 1 fully saturated rings. The van der Waals surface area contributed by atoms with Gasteiger partial charge < -0.3 is 25.4 Å². The molecule has 214 valence electrons. The van der Waals surface area contributed by atoms with Crippen LogP contribution in [0.15, 0.2) is 59.7 Å². The van der Waals surface area contributed by atoms with E-state index in [0.29, 0.717) is 38.8 Å². The topological polar surface area (TPSA) is 123 Å². The summed E-state index contributed by atoms with van der Waals surface area (Å²) in [6, 6.07) is 14.6. The van der Waals surface area contributed by atoms with Gasteiger partial charge >= 0.3 is 5.97 Å². The number of ether oxygens (including phenoxy) is 2. The molecule has 0 aliphatic carbocycles. The van der Waals surface area contributed by atoms with Crippen LogP contribution in [0, 0.1) is 5.92 Å². The fourth-order valence-electron chi connectivity index (χ4n) is 4.86. The molecule has 3 N–H and O–H groups in total. The van der Waals surface area contributed by atoms with Gasteiger partial charge in [0.15, 0.2) is 0 Å². The molecule has 40 heavy (non-hydrogen) atoms. The van der Waals surface area contributed by atoms with Crippen LogP contribution in [0.4, 0.5) is 0 Å². The molecule has 0 radical (unpaired) electrons. The molecular weight excluding hydrogens is 508 g/mol. The zero-order chi connectivity index (χ0) is 28.9. The fraction of sp³-hybridized carbons (Fsp3) is 0.419. The van der Waals surface area contributed by atoms with Gasteiger partial charge in [-0.05, 0) is 54.0 Å². The van der Waals surface area contributed by atoms with Crippen molar-refractivity contribution in [3.63, 3.8) is 0 Å². The van der Waals surface area contributed by atoms with Gasteiger partial charge in [-0.15, -0.1) is 0 Å². The average Bonchev–Trinajstić information content (AvgIpc) is 2.99. The summed E-state index contributed by atoms with van der Waals surface area (Å²) in [4.78, 5) is 43.8. The second kappa shape index (κ2) is 15.5. The summed E-state index contributed by atoms with van der Waals surface area (Å²) in [7, 11) is 4.61. The van der Waals surface area contributed by atoms with Crippen LogP contribution in [0.25, 0.3) is 5.57 Å². The monoisotopic (exact) mass is 548 g/mol. The number of piperidine rings is 1. The molecule has 0 bridgehead atoms. The molecular formula is C31H40N4O5. The Bertz CT molecular complexity index is 1180. The van der Waals surface area contributed by atoms with Crippen molar-refractivity contribution in [1.82, 2.24) is 10.2 Å². The van der Waals surface area contributed by atoms with Crippen LogP contribution in [-0.4, -0.2) is 69.3 Å². The average molecular weight is 549 g/mol. The van der Waals surface area contributed by atoms with Gasteiger partial charge in [0, 0.05) is 57.4 Å². The molecule has 0 spiro atoms. The van der Waals surface area contributed by atoms with Crippen molar-refractivity contribution in [2.45, 2.75) is 44.6 Å². The van der Waals surface area contributed by atoms with E-state index in [1.807, 2.05) is 53.4 Å². The Hall–Kier alpha value is -4.14. The van der Waals surface area contributed by atoms with Gasteiger partial charge in [-0.1, -0.05) is 36.4 Å². The summed E-state index contributed by atoms with van der Waals surface area (Å²) in [6.45, 7) is 1.26. The van der Waals surface area contributed by atoms with E-state index < -0.39 is 12.0 Å². The van der Waals surface area contributed by atoms with E-state index in [0.717, 1.165) is 40.9 Å². The number of hydrogen-bond donors (Lipinski definition) is 2. The lowest BCUT2D eigenvalue weighted by atomic mass is 9.92. The Kier molecular flexibility index (Phi) is 11.7. The Morgan fingerprint density at radius 2 is 1.70 bits per heavy atom. The van der Waals surface area contributed by atoms with Crippen LogP contribution in [0.1, 0.15) is 42.4 Å². The van der Waals surface area contributed by atoms with Crippen LogP contribution < -0.4 is 15.8 Å². The fourth-order valence-corrected chi connectivity index (χ4v) is 4.86. The highest BCUT2D eigenvalue weighted by Crippen LogP contribution is 2.22. The Labute approximate surface area is 236 Å². The predicted octanol–water partition coefficient (Wildman–Crippen LogP) is 3.16. The van der Waals surface area contributed by atoms with E-state index in [2.05, 4.69) is 10.3 Å². The second-order valence-corrected chi connectivity index (χ2v) is 9.93. The number of carbonyl (C=O) groups is 3. The maximum absolute atomic E-state index is 12.8. The standard InChI is InChI=1S/C31H40N4O5/c1-33-21-26(20-32)25-9-4-22(5-10-25)8-13-30(37)35-16-14-24(15-17-35)19-29(36)34-28(31(38)40-3)18-23-6-11-27(39-2)12-7-23/h4-7,9-12,20-21,24,28H,8,13-19,32H2,1-3H3,(H,34,36). The summed E-state index contributed by atoms with van der Waals surface area (Å²) in [5.74, 6) is 0.337. The molecule has 1 atom stereocenters.